The monoisotopic (exact) mass is 1020 g/mol. The van der Waals surface area contributed by atoms with Gasteiger partial charge in [-0.2, -0.15) is 0 Å². The number of phosphoric ester groups is 2. The van der Waals surface area contributed by atoms with Gasteiger partial charge in [-0.25, -0.2) is 28.1 Å². The lowest BCUT2D eigenvalue weighted by Gasteiger charge is -2.30. The van der Waals surface area contributed by atoms with E-state index in [1.54, 1.807) is 9.80 Å². The lowest BCUT2D eigenvalue weighted by atomic mass is 10.1. The number of nitrogen functional groups attached to an aromatic ring is 1. The van der Waals surface area contributed by atoms with E-state index in [0.29, 0.717) is 13.2 Å². The summed E-state index contributed by atoms with van der Waals surface area (Å²) in [6, 6.07) is 0. The van der Waals surface area contributed by atoms with Gasteiger partial charge in [0.05, 0.1) is 91.8 Å². The molecule has 0 bridgehead atoms. The number of fused-ring (bicyclic) bond motifs is 1. The Labute approximate surface area is 389 Å². The third kappa shape index (κ3) is 25.2. The molecule has 67 heavy (non-hydrogen) atoms. The van der Waals surface area contributed by atoms with Crippen molar-refractivity contribution in [3.8, 4) is 0 Å². The number of carbonyl (C=O) groups excluding carboxylic acids is 2. The number of nitrogens with one attached hydrogen (secondary N) is 3. The minimum atomic E-state index is -6.27. The number of hydrogen-bond acceptors (Lipinski definition) is 22. The summed E-state index contributed by atoms with van der Waals surface area (Å²) in [6.45, 7) is 21.7. The van der Waals surface area contributed by atoms with Crippen molar-refractivity contribution < 1.29 is 94.6 Å². The van der Waals surface area contributed by atoms with Gasteiger partial charge in [-0.15, -0.1) is 0 Å². The summed E-state index contributed by atoms with van der Waals surface area (Å²) in [7, 11) is -18.0. The van der Waals surface area contributed by atoms with Crippen LogP contribution in [0.15, 0.2) is 17.8 Å². The van der Waals surface area contributed by atoms with Crippen LogP contribution in [0, 0.1) is 0 Å². The number of quaternary nitrogens is 2. The number of ether oxygens (including phenoxy) is 4. The number of anilines is 1. The van der Waals surface area contributed by atoms with E-state index in [9.17, 15) is 48.2 Å². The molecule has 1 aliphatic heterocycles. The normalized spacial score (nSPS) is 19.5. The maximum atomic E-state index is 12.3. The number of nitrogens with zero attached hydrogens (tertiary/aromatic N) is 7. The summed E-state index contributed by atoms with van der Waals surface area (Å²) in [6.07, 6.45) is -5.30. The van der Waals surface area contributed by atoms with Crippen LogP contribution in [0.5, 0.6) is 0 Å². The fourth-order valence-electron chi connectivity index (χ4n) is 5.73. The van der Waals surface area contributed by atoms with E-state index < -0.39 is 72.9 Å². The second kappa shape index (κ2) is 33.3. The number of imidazole rings is 1. The van der Waals surface area contributed by atoms with Crippen molar-refractivity contribution in [2.45, 2.75) is 85.3 Å². The number of aliphatic hydroxyl groups excluding tert-OH is 2. The predicted octanol–water partition coefficient (Wildman–Crippen LogP) is -1.83. The second-order valence-electron chi connectivity index (χ2n) is 14.0. The van der Waals surface area contributed by atoms with Crippen LogP contribution in [0.4, 0.5) is 5.82 Å². The van der Waals surface area contributed by atoms with Gasteiger partial charge >= 0.3 is 21.6 Å². The van der Waals surface area contributed by atoms with Crippen LogP contribution in [0.3, 0.4) is 0 Å². The smallest absolute Gasteiger partial charge is 0.478 e. The van der Waals surface area contributed by atoms with Crippen molar-refractivity contribution in [1.82, 2.24) is 24.8 Å². The molecule has 0 saturated carbocycles. The molecule has 7 atom stereocenters. The van der Waals surface area contributed by atoms with Gasteiger partial charge in [0, 0.05) is 30.8 Å². The molecule has 4 unspecified atom stereocenters. The standard InChI is InChI=1S/C23H38N9O18P3.2C6H15N/c24-21-18-22(28-13-27-21)32(14-29-18)23-20(36)19(35)15(47-23)12-46-51(37,38)49-53(41,42)50-52(39,40)48-17(34)3-1-2-16(33)26-4-6-43-8-10-45-11-9-44-7-5-30-31-25;2*1-4-7(5-2)6-3/h13-15,19-20,23,35-36H,1-12H2,(H,26,33)(H,37,38)(H,39,40)(H,41,42)(H2,24,27,28);2*4-6H2,1-3H3/t15-,19?,20+,23-;;/m1../s1. The van der Waals surface area contributed by atoms with Gasteiger partial charge in [-0.05, 0) is 53.5 Å². The Kier molecular flexibility index (Phi) is 30.7. The largest absolute Gasteiger partial charge is 0.756 e. The van der Waals surface area contributed by atoms with Gasteiger partial charge in [0.2, 0.25) is 5.91 Å². The van der Waals surface area contributed by atoms with E-state index in [2.05, 4.69) is 89.5 Å². The summed E-state index contributed by atoms with van der Waals surface area (Å²) < 4.78 is 74.5. The Morgan fingerprint density at radius 1 is 0.866 bits per heavy atom. The molecule has 1 amide bonds. The van der Waals surface area contributed by atoms with Crippen LogP contribution < -0.4 is 30.6 Å². The highest BCUT2D eigenvalue weighted by Crippen LogP contribution is 2.64. The van der Waals surface area contributed by atoms with Crippen molar-refractivity contribution in [2.75, 3.05) is 104 Å². The molecule has 0 aliphatic carbocycles. The average Bonchev–Trinajstić information content (AvgIpc) is 3.82. The summed E-state index contributed by atoms with van der Waals surface area (Å²) in [4.78, 5) is 75.3. The zero-order valence-electron chi connectivity index (χ0n) is 38.7. The van der Waals surface area contributed by atoms with Gasteiger partial charge in [-0.1, -0.05) is 5.11 Å². The molecule has 1 aliphatic rings. The van der Waals surface area contributed by atoms with Crippen molar-refractivity contribution in [3.05, 3.63) is 23.1 Å². The number of carbonyl (C=O) groups is 2. The fourth-order valence-corrected chi connectivity index (χ4v) is 9.11. The summed E-state index contributed by atoms with van der Waals surface area (Å²) >= 11 is 0. The first-order valence-corrected chi connectivity index (χ1v) is 26.0. The van der Waals surface area contributed by atoms with Gasteiger partial charge in [0.15, 0.2) is 17.7 Å². The molecule has 0 radical (unpaired) electrons. The highest BCUT2D eigenvalue weighted by atomic mass is 31.3. The lowest BCUT2D eigenvalue weighted by molar-refractivity contribution is -0.894. The molecule has 3 heterocycles. The van der Waals surface area contributed by atoms with E-state index in [1.165, 1.54) is 43.8 Å². The minimum Gasteiger partial charge on any atom is -0.756 e. The van der Waals surface area contributed by atoms with E-state index in [-0.39, 0.29) is 69.3 Å². The predicted molar refractivity (Wildman–Crippen MR) is 233 cm³/mol. The third-order valence-corrected chi connectivity index (χ3v) is 13.6. The number of nitrogens with two attached hydrogens (primary N) is 1. The van der Waals surface area contributed by atoms with E-state index in [0.717, 1.165) is 12.7 Å². The number of azide groups is 1. The number of rotatable bonds is 31. The van der Waals surface area contributed by atoms with Crippen LogP contribution in [0.2, 0.25) is 0 Å². The van der Waals surface area contributed by atoms with Crippen molar-refractivity contribution in [1.29, 1.82) is 0 Å². The first-order chi connectivity index (χ1) is 31.7. The Morgan fingerprint density at radius 2 is 1.43 bits per heavy atom. The topological polar surface area (TPSA) is 405 Å². The van der Waals surface area contributed by atoms with Crippen LogP contribution in [-0.4, -0.2) is 163 Å². The highest BCUT2D eigenvalue weighted by molar-refractivity contribution is 7.65. The Bertz CT molecular complexity index is 1900. The van der Waals surface area contributed by atoms with Crippen LogP contribution in [0.1, 0.15) is 67.0 Å². The molecule has 0 spiro atoms. The average molecular weight is 1020 g/mol. The van der Waals surface area contributed by atoms with Crippen LogP contribution in [0.25, 0.3) is 21.6 Å². The van der Waals surface area contributed by atoms with Gasteiger partial charge in [-0.3, -0.25) is 27.8 Å². The maximum absolute atomic E-state index is 12.3. The minimum absolute atomic E-state index is 0.000721. The van der Waals surface area contributed by atoms with Gasteiger partial charge in [0.1, 0.15) is 30.2 Å². The Morgan fingerprint density at radius 3 is 1.99 bits per heavy atom. The molecule has 29 nitrogen and oxygen atoms in total. The van der Waals surface area contributed by atoms with E-state index in [4.69, 9.17) is 30.2 Å². The SMILES string of the molecule is CC[NH+](CC)CC.CC[NH+](CC)CC.[N-]=[N+]=NCCOCCOCCOCCNC(=O)CCCC(=O)OP(=O)([O-])OP(=O)([O-])OP(=O)(O)OC[C@H]1O[C@@H](n2cnc3c(N)ncnc32)[C@@H](O)C1O. The van der Waals surface area contributed by atoms with Crippen molar-refractivity contribution in [3.63, 3.8) is 0 Å². The molecule has 1 fully saturated rings. The first-order valence-electron chi connectivity index (χ1n) is 21.6. The van der Waals surface area contributed by atoms with Crippen molar-refractivity contribution >= 4 is 52.3 Å². The number of aliphatic hydroxyl groups is 2. The summed E-state index contributed by atoms with van der Waals surface area (Å²) in [5.41, 5.74) is 14.1. The number of phosphoric acid groups is 3. The van der Waals surface area contributed by atoms with E-state index in [1.807, 2.05) is 0 Å². The molecular formula is C35H68N11O18P3. The Hall–Kier alpha value is -3.27. The maximum Gasteiger partial charge on any atom is 0.478 e. The highest BCUT2D eigenvalue weighted by Gasteiger charge is 2.46. The van der Waals surface area contributed by atoms with Crippen LogP contribution >= 0.6 is 23.5 Å². The fraction of sp³-hybridized carbons (Fsp3) is 0.800. The second-order valence-corrected chi connectivity index (χ2v) is 18.5. The first kappa shape index (κ1) is 61.7. The quantitative estimate of drug-likeness (QED) is 0.0144. The number of hydrogen-bond donors (Lipinski definition) is 7. The van der Waals surface area contributed by atoms with Gasteiger partial charge in [0.25, 0.3) is 7.82 Å². The van der Waals surface area contributed by atoms with Crippen LogP contribution in [-0.2, 0) is 59.9 Å². The molecule has 3 rings (SSSR count). The third-order valence-electron chi connectivity index (χ3n) is 9.51. The molecule has 1 saturated heterocycles. The van der Waals surface area contributed by atoms with Gasteiger partial charge < -0.3 is 69.2 Å². The molecule has 32 heteroatoms. The van der Waals surface area contributed by atoms with Crippen molar-refractivity contribution in [2.24, 2.45) is 5.11 Å². The zero-order chi connectivity index (χ0) is 50.5. The summed E-state index contributed by atoms with van der Waals surface area (Å²) in [5, 5.41) is 26.6. The molecular weight excluding hydrogens is 955 g/mol. The number of amides is 1. The van der Waals surface area contributed by atoms with E-state index >= 15 is 0 Å². The molecule has 8 N–H and O–H groups in total. The Balaban J connectivity index is 0.00000138. The summed E-state index contributed by atoms with van der Waals surface area (Å²) in [5.74, 6) is -2.05. The molecule has 2 aromatic rings. The lowest BCUT2D eigenvalue weighted by Crippen LogP contribution is -3.11. The molecule has 2 aromatic heterocycles. The molecule has 0 aromatic carbocycles. The molecule has 386 valence electrons. The zero-order valence-corrected chi connectivity index (χ0v) is 41.4. The number of aromatic nitrogens is 4.